The molecule has 1 aromatic heterocycles. The van der Waals surface area contributed by atoms with Gasteiger partial charge in [-0.05, 0) is 53.4 Å². The highest BCUT2D eigenvalue weighted by Crippen LogP contribution is 2.22. The molecule has 1 fully saturated rings. The maximum absolute atomic E-state index is 14.0. The molecule has 2 atom stereocenters. The Hall–Kier alpha value is -4.29. The molecule has 37 heavy (non-hydrogen) atoms. The van der Waals surface area contributed by atoms with Crippen LogP contribution in [0.5, 0.6) is 0 Å². The fourth-order valence-corrected chi connectivity index (χ4v) is 4.17. The van der Waals surface area contributed by atoms with Crippen molar-refractivity contribution in [3.8, 4) is 6.07 Å². The van der Waals surface area contributed by atoms with Crippen LogP contribution in [-0.2, 0) is 9.59 Å². The smallest absolute Gasteiger partial charge is 0.247 e. The van der Waals surface area contributed by atoms with Crippen LogP contribution in [0.25, 0.3) is 0 Å². The van der Waals surface area contributed by atoms with E-state index in [0.717, 1.165) is 11.3 Å². The van der Waals surface area contributed by atoms with E-state index >= 15 is 0 Å². The zero-order valence-corrected chi connectivity index (χ0v) is 20.8. The quantitative estimate of drug-likeness (QED) is 0.491. The maximum atomic E-state index is 14.0. The lowest BCUT2D eigenvalue weighted by Gasteiger charge is -2.33. The van der Waals surface area contributed by atoms with Crippen molar-refractivity contribution in [2.24, 2.45) is 0 Å². The Morgan fingerprint density at radius 2 is 1.92 bits per heavy atom. The third-order valence-corrected chi connectivity index (χ3v) is 6.50. The summed E-state index contributed by atoms with van der Waals surface area (Å²) in [5, 5.41) is 15.1. The van der Waals surface area contributed by atoms with Crippen LogP contribution in [0.3, 0.4) is 0 Å². The molecule has 9 heteroatoms. The number of hydrogen-bond donors (Lipinski definition) is 2. The number of nitrogens with one attached hydrogen (secondary N) is 2. The lowest BCUT2D eigenvalue weighted by molar-refractivity contribution is -0.129. The molecule has 0 radical (unpaired) electrons. The molecule has 1 aliphatic heterocycles. The van der Waals surface area contributed by atoms with Gasteiger partial charge in [-0.3, -0.25) is 9.59 Å². The van der Waals surface area contributed by atoms with Gasteiger partial charge >= 0.3 is 0 Å². The first-order valence-corrected chi connectivity index (χ1v) is 12.1. The Labute approximate surface area is 215 Å². The summed E-state index contributed by atoms with van der Waals surface area (Å²) >= 11 is 0. The molecule has 0 spiro atoms. The van der Waals surface area contributed by atoms with E-state index in [1.165, 1.54) is 12.1 Å². The molecule has 1 saturated heterocycles. The van der Waals surface area contributed by atoms with Crippen molar-refractivity contribution in [3.05, 3.63) is 89.4 Å². The summed E-state index contributed by atoms with van der Waals surface area (Å²) in [7, 11) is 1.78. The standard InChI is InChI=1S/C28H29FN6O2/c1-19(21-8-6-20(15-30)7-9-21)16-32-27(22-4-3-5-23(29)14-22)28(37)33-25-11-10-24(17-31-25)35-13-12-34(2)26(36)18-35/h3-11,14,17,19,27,32H,12-13,16,18H2,1-2H3,(H,31,33,37)/t19-,27?/m1/s1. The van der Waals surface area contributed by atoms with Gasteiger partial charge in [0, 0.05) is 26.7 Å². The number of benzene rings is 2. The first-order valence-electron chi connectivity index (χ1n) is 12.1. The molecule has 2 aromatic carbocycles. The van der Waals surface area contributed by atoms with Crippen LogP contribution in [0.15, 0.2) is 66.9 Å². The summed E-state index contributed by atoms with van der Waals surface area (Å²) in [5.41, 5.74) is 2.90. The molecule has 3 aromatic rings. The van der Waals surface area contributed by atoms with Crippen LogP contribution < -0.4 is 15.5 Å². The zero-order valence-electron chi connectivity index (χ0n) is 20.8. The van der Waals surface area contributed by atoms with Gasteiger partial charge < -0.3 is 20.4 Å². The number of piperazine rings is 1. The van der Waals surface area contributed by atoms with E-state index in [9.17, 15) is 14.0 Å². The van der Waals surface area contributed by atoms with Crippen LogP contribution in [0.2, 0.25) is 0 Å². The lowest BCUT2D eigenvalue weighted by Crippen LogP contribution is -2.48. The summed E-state index contributed by atoms with van der Waals surface area (Å²) in [5.74, 6) is -0.352. The molecular weight excluding hydrogens is 471 g/mol. The second-order valence-electron chi connectivity index (χ2n) is 9.16. The molecule has 2 N–H and O–H groups in total. The number of nitriles is 1. The fourth-order valence-electron chi connectivity index (χ4n) is 4.17. The molecule has 8 nitrogen and oxygen atoms in total. The topological polar surface area (TPSA) is 101 Å². The number of anilines is 2. The van der Waals surface area contributed by atoms with E-state index in [4.69, 9.17) is 5.26 Å². The van der Waals surface area contributed by atoms with Gasteiger partial charge in [0.05, 0.1) is 30.1 Å². The molecular formula is C28H29FN6O2. The average Bonchev–Trinajstić information content (AvgIpc) is 2.91. The monoisotopic (exact) mass is 500 g/mol. The number of pyridine rings is 1. The molecule has 2 amide bonds. The van der Waals surface area contributed by atoms with Gasteiger partial charge in [0.1, 0.15) is 17.7 Å². The van der Waals surface area contributed by atoms with E-state index in [-0.39, 0.29) is 24.3 Å². The second kappa shape index (κ2) is 11.6. The Kier molecular flexibility index (Phi) is 8.11. The first-order chi connectivity index (χ1) is 17.8. The fraction of sp³-hybridized carbons (Fsp3) is 0.286. The van der Waals surface area contributed by atoms with Gasteiger partial charge in [0.25, 0.3) is 0 Å². The third-order valence-electron chi connectivity index (χ3n) is 6.50. The van der Waals surface area contributed by atoms with Crippen LogP contribution in [-0.4, -0.2) is 54.9 Å². The number of aromatic nitrogens is 1. The Morgan fingerprint density at radius 1 is 1.14 bits per heavy atom. The van der Waals surface area contributed by atoms with Gasteiger partial charge in [-0.1, -0.05) is 31.2 Å². The number of carbonyl (C=O) groups is 2. The number of nitrogens with zero attached hydrogens (tertiary/aromatic N) is 4. The van der Waals surface area contributed by atoms with E-state index < -0.39 is 11.9 Å². The SMILES string of the molecule is C[C@H](CNC(C(=O)Nc1ccc(N2CCN(C)C(=O)C2)cn1)c1cccc(F)c1)c1ccc(C#N)cc1. The molecule has 190 valence electrons. The number of rotatable bonds is 8. The number of likely N-dealkylation sites (N-methyl/N-ethyl adjacent to an activating group) is 1. The number of amides is 2. The van der Waals surface area contributed by atoms with Crippen molar-refractivity contribution in [1.82, 2.24) is 15.2 Å². The molecule has 2 heterocycles. The first kappa shape index (κ1) is 25.8. The number of carbonyl (C=O) groups excluding carboxylic acids is 2. The van der Waals surface area contributed by atoms with E-state index in [1.807, 2.05) is 30.0 Å². The van der Waals surface area contributed by atoms with Crippen molar-refractivity contribution in [3.63, 3.8) is 0 Å². The zero-order chi connectivity index (χ0) is 26.4. The molecule has 1 unspecified atom stereocenters. The Morgan fingerprint density at radius 3 is 2.57 bits per heavy atom. The summed E-state index contributed by atoms with van der Waals surface area (Å²) in [6.45, 7) is 4.09. The van der Waals surface area contributed by atoms with Crippen LogP contribution in [0.1, 0.15) is 35.6 Å². The van der Waals surface area contributed by atoms with Crippen molar-refractivity contribution < 1.29 is 14.0 Å². The number of halogens is 1. The van der Waals surface area contributed by atoms with Crippen molar-refractivity contribution in [2.45, 2.75) is 18.9 Å². The number of hydrogen-bond acceptors (Lipinski definition) is 6. The largest absolute Gasteiger partial charge is 0.359 e. The second-order valence-corrected chi connectivity index (χ2v) is 9.16. The Balaban J connectivity index is 1.45. The molecule has 0 aliphatic carbocycles. The van der Waals surface area contributed by atoms with Gasteiger partial charge in [-0.25, -0.2) is 9.37 Å². The Bertz CT molecular complexity index is 1290. The maximum Gasteiger partial charge on any atom is 0.247 e. The highest BCUT2D eigenvalue weighted by molar-refractivity contribution is 5.95. The third kappa shape index (κ3) is 6.48. The highest BCUT2D eigenvalue weighted by Gasteiger charge is 2.24. The van der Waals surface area contributed by atoms with E-state index in [1.54, 1.807) is 48.5 Å². The molecule has 4 rings (SSSR count). The van der Waals surface area contributed by atoms with Crippen molar-refractivity contribution >= 4 is 23.3 Å². The van der Waals surface area contributed by atoms with Gasteiger partial charge in [-0.2, -0.15) is 5.26 Å². The lowest BCUT2D eigenvalue weighted by atomic mass is 9.98. The summed E-state index contributed by atoms with van der Waals surface area (Å²) < 4.78 is 14.0. The normalized spacial score (nSPS) is 15.1. The minimum atomic E-state index is -0.812. The summed E-state index contributed by atoms with van der Waals surface area (Å²) in [6.07, 6.45) is 1.63. The average molecular weight is 501 g/mol. The van der Waals surface area contributed by atoms with Crippen LogP contribution >= 0.6 is 0 Å². The highest BCUT2D eigenvalue weighted by atomic mass is 19.1. The van der Waals surface area contributed by atoms with E-state index in [2.05, 4.69) is 21.7 Å². The van der Waals surface area contributed by atoms with Crippen LogP contribution in [0, 0.1) is 17.1 Å². The predicted molar refractivity (Wildman–Crippen MR) is 139 cm³/mol. The van der Waals surface area contributed by atoms with Gasteiger partial charge in [0.2, 0.25) is 11.8 Å². The van der Waals surface area contributed by atoms with Crippen LogP contribution in [0.4, 0.5) is 15.9 Å². The molecule has 0 bridgehead atoms. The van der Waals surface area contributed by atoms with Gasteiger partial charge in [-0.15, -0.1) is 0 Å². The minimum Gasteiger partial charge on any atom is -0.359 e. The summed E-state index contributed by atoms with van der Waals surface area (Å²) in [4.78, 5) is 33.3. The molecule has 1 aliphatic rings. The minimum absolute atomic E-state index is 0.0420. The van der Waals surface area contributed by atoms with Crippen molar-refractivity contribution in [2.75, 3.05) is 43.4 Å². The predicted octanol–water partition coefficient (Wildman–Crippen LogP) is 3.44. The van der Waals surface area contributed by atoms with E-state index in [0.29, 0.717) is 36.6 Å². The molecule has 0 saturated carbocycles. The summed E-state index contributed by atoms with van der Waals surface area (Å²) in [6, 6.07) is 18.0. The van der Waals surface area contributed by atoms with Crippen molar-refractivity contribution in [1.29, 1.82) is 5.26 Å². The van der Waals surface area contributed by atoms with Gasteiger partial charge in [0.15, 0.2) is 0 Å².